The number of unbranched alkanes of at least 4 members (excludes halogenated alkanes) is 15. The number of methoxy groups -OCH3 is 1. The lowest BCUT2D eigenvalue weighted by Crippen LogP contribution is -2.32. The summed E-state index contributed by atoms with van der Waals surface area (Å²) < 4.78 is 7.53. The van der Waals surface area contributed by atoms with E-state index in [0.717, 1.165) is 12.3 Å². The van der Waals surface area contributed by atoms with Crippen LogP contribution in [0.2, 0.25) is 0 Å². The largest absolute Gasteiger partial charge is 0.497 e. The van der Waals surface area contributed by atoms with Crippen molar-refractivity contribution in [2.45, 2.75) is 116 Å². The van der Waals surface area contributed by atoms with Gasteiger partial charge in [0.1, 0.15) is 12.3 Å². The molecule has 0 bridgehead atoms. The first-order valence-corrected chi connectivity index (χ1v) is 14.1. The first-order chi connectivity index (χ1) is 16.8. The smallest absolute Gasteiger partial charge is 0.169 e. The van der Waals surface area contributed by atoms with Gasteiger partial charge in [-0.15, -0.1) is 0 Å². The minimum absolute atomic E-state index is 0.895. The molecule has 0 aliphatic rings. The molecule has 188 valence electrons. The number of ether oxygens (including phenoxy) is 1. The van der Waals surface area contributed by atoms with Gasteiger partial charge < -0.3 is 4.74 Å². The molecule has 0 amide bonds. The summed E-state index contributed by atoms with van der Waals surface area (Å²) in [6.07, 6.45) is 31.5. The molecule has 0 saturated heterocycles. The molecule has 1 aromatic heterocycles. The fourth-order valence-corrected chi connectivity index (χ4v) is 4.48. The second-order valence-corrected chi connectivity index (χ2v) is 9.78. The zero-order valence-corrected chi connectivity index (χ0v) is 22.1. The Hall–Kier alpha value is -2.09. The normalized spacial score (nSPS) is 11.4. The molecule has 0 atom stereocenters. The van der Waals surface area contributed by atoms with Crippen LogP contribution in [-0.2, 0) is 6.54 Å². The van der Waals surface area contributed by atoms with E-state index in [2.05, 4.69) is 60.3 Å². The highest BCUT2D eigenvalue weighted by molar-refractivity contribution is 5.69. The van der Waals surface area contributed by atoms with E-state index in [1.807, 2.05) is 12.1 Å². The third-order valence-corrected chi connectivity index (χ3v) is 6.77. The third-order valence-electron chi connectivity index (χ3n) is 6.77. The van der Waals surface area contributed by atoms with Crippen molar-refractivity contribution in [3.63, 3.8) is 0 Å². The Labute approximate surface area is 210 Å². The molecule has 0 saturated carbocycles. The minimum atomic E-state index is 0.895. The molecule has 2 rings (SSSR count). The van der Waals surface area contributed by atoms with Gasteiger partial charge >= 0.3 is 0 Å². The van der Waals surface area contributed by atoms with E-state index in [1.165, 1.54) is 114 Å². The number of pyridine rings is 1. The van der Waals surface area contributed by atoms with Crippen LogP contribution in [0.25, 0.3) is 12.2 Å². The van der Waals surface area contributed by atoms with Crippen LogP contribution in [0, 0.1) is 0 Å². The zero-order valence-electron chi connectivity index (χ0n) is 22.1. The first-order valence-electron chi connectivity index (χ1n) is 14.1. The Morgan fingerprint density at radius 1 is 0.559 bits per heavy atom. The van der Waals surface area contributed by atoms with Crippen LogP contribution in [0.4, 0.5) is 0 Å². The van der Waals surface area contributed by atoms with Crippen LogP contribution >= 0.6 is 0 Å². The van der Waals surface area contributed by atoms with Gasteiger partial charge in [-0.3, -0.25) is 0 Å². The molecule has 34 heavy (non-hydrogen) atoms. The summed E-state index contributed by atoms with van der Waals surface area (Å²) in [5, 5.41) is 0. The summed E-state index contributed by atoms with van der Waals surface area (Å²) in [6.45, 7) is 3.42. The minimum Gasteiger partial charge on any atom is -0.497 e. The van der Waals surface area contributed by atoms with Crippen LogP contribution in [0.3, 0.4) is 0 Å². The topological polar surface area (TPSA) is 13.1 Å². The number of rotatable bonds is 20. The number of hydrogen-bond donors (Lipinski definition) is 0. The maximum absolute atomic E-state index is 5.21. The average molecular weight is 465 g/mol. The molecule has 0 radical (unpaired) electrons. The highest BCUT2D eigenvalue weighted by Gasteiger charge is 2.00. The van der Waals surface area contributed by atoms with Crippen LogP contribution < -0.4 is 9.30 Å². The van der Waals surface area contributed by atoms with Gasteiger partial charge in [0.2, 0.25) is 0 Å². The third kappa shape index (κ3) is 13.6. The Kier molecular flexibility index (Phi) is 15.9. The van der Waals surface area contributed by atoms with E-state index < -0.39 is 0 Å². The van der Waals surface area contributed by atoms with E-state index >= 15 is 0 Å². The first kappa shape index (κ1) is 28.1. The van der Waals surface area contributed by atoms with Crippen molar-refractivity contribution in [1.29, 1.82) is 0 Å². The van der Waals surface area contributed by atoms with Crippen molar-refractivity contribution < 1.29 is 9.30 Å². The van der Waals surface area contributed by atoms with Crippen LogP contribution in [0.5, 0.6) is 5.75 Å². The Morgan fingerprint density at radius 3 is 1.41 bits per heavy atom. The van der Waals surface area contributed by atoms with Gasteiger partial charge in [-0.25, -0.2) is 4.57 Å². The molecule has 0 N–H and O–H groups in total. The molecule has 0 aliphatic carbocycles. The maximum Gasteiger partial charge on any atom is 0.169 e. The van der Waals surface area contributed by atoms with Gasteiger partial charge in [-0.2, -0.15) is 0 Å². The molecular weight excluding hydrogens is 414 g/mol. The van der Waals surface area contributed by atoms with Crippen molar-refractivity contribution in [2.24, 2.45) is 0 Å². The monoisotopic (exact) mass is 464 g/mol. The van der Waals surface area contributed by atoms with Crippen molar-refractivity contribution in [3.05, 3.63) is 59.9 Å². The number of benzene rings is 1. The van der Waals surface area contributed by atoms with E-state index in [4.69, 9.17) is 4.74 Å². The van der Waals surface area contributed by atoms with E-state index in [9.17, 15) is 0 Å². The maximum atomic E-state index is 5.21. The molecule has 1 aromatic carbocycles. The molecule has 0 aliphatic heterocycles. The second-order valence-electron chi connectivity index (χ2n) is 9.78. The summed E-state index contributed by atoms with van der Waals surface area (Å²) in [7, 11) is 1.70. The van der Waals surface area contributed by atoms with Crippen molar-refractivity contribution in [3.8, 4) is 5.75 Å². The Morgan fingerprint density at radius 2 is 0.971 bits per heavy atom. The summed E-state index contributed by atoms with van der Waals surface area (Å²) in [4.78, 5) is 0. The van der Waals surface area contributed by atoms with Crippen LogP contribution in [0.1, 0.15) is 121 Å². The standard InChI is InChI=1S/C32H50NO/c1-3-4-5-6-7-8-9-10-11-12-13-14-15-16-17-18-27-33-28-25-31(26-29-33)20-19-30-21-23-32(34-2)24-22-30/h19-26,28-29H,3-18,27H2,1-2H3/q+1. The van der Waals surface area contributed by atoms with Crippen LogP contribution in [0.15, 0.2) is 48.8 Å². The highest BCUT2D eigenvalue weighted by atomic mass is 16.5. The lowest BCUT2D eigenvalue weighted by Gasteiger charge is -2.03. The summed E-state index contributed by atoms with van der Waals surface area (Å²) in [5.74, 6) is 0.895. The highest BCUT2D eigenvalue weighted by Crippen LogP contribution is 2.15. The van der Waals surface area contributed by atoms with Crippen LogP contribution in [-0.4, -0.2) is 7.11 Å². The predicted octanol–water partition coefficient (Wildman–Crippen LogP) is 9.41. The van der Waals surface area contributed by atoms with Crippen molar-refractivity contribution in [2.75, 3.05) is 7.11 Å². The van der Waals surface area contributed by atoms with E-state index in [1.54, 1.807) is 7.11 Å². The molecule has 0 unspecified atom stereocenters. The van der Waals surface area contributed by atoms with Gasteiger partial charge in [0.15, 0.2) is 12.4 Å². The van der Waals surface area contributed by atoms with Gasteiger partial charge in [0.25, 0.3) is 0 Å². The second kappa shape index (κ2) is 19.2. The van der Waals surface area contributed by atoms with E-state index in [0.29, 0.717) is 0 Å². The van der Waals surface area contributed by atoms with Gasteiger partial charge in [0, 0.05) is 18.6 Å². The molecule has 2 aromatic rings. The van der Waals surface area contributed by atoms with Gasteiger partial charge in [0.05, 0.1) is 7.11 Å². The van der Waals surface area contributed by atoms with E-state index in [-0.39, 0.29) is 0 Å². The average Bonchev–Trinajstić information content (AvgIpc) is 2.88. The molecule has 1 heterocycles. The quantitative estimate of drug-likeness (QED) is 0.140. The zero-order chi connectivity index (χ0) is 24.1. The lowest BCUT2D eigenvalue weighted by molar-refractivity contribution is -0.697. The predicted molar refractivity (Wildman–Crippen MR) is 148 cm³/mol. The molecule has 0 spiro atoms. The number of aromatic nitrogens is 1. The summed E-state index contributed by atoms with van der Waals surface area (Å²) in [5.41, 5.74) is 2.42. The fraction of sp³-hybridized carbons (Fsp3) is 0.594. The fourth-order valence-electron chi connectivity index (χ4n) is 4.48. The molecule has 2 nitrogen and oxygen atoms in total. The number of nitrogens with zero attached hydrogens (tertiary/aromatic N) is 1. The SMILES string of the molecule is CCCCCCCCCCCCCCCCCC[n+]1ccc(C=Cc2ccc(OC)cc2)cc1. The van der Waals surface area contributed by atoms with Crippen molar-refractivity contribution in [1.82, 2.24) is 0 Å². The molecule has 2 heteroatoms. The van der Waals surface area contributed by atoms with Gasteiger partial charge in [-0.1, -0.05) is 121 Å². The lowest BCUT2D eigenvalue weighted by atomic mass is 10.0. The Bertz CT molecular complexity index is 748. The summed E-state index contributed by atoms with van der Waals surface area (Å²) >= 11 is 0. The molecule has 0 fully saturated rings. The van der Waals surface area contributed by atoms with Crippen molar-refractivity contribution >= 4 is 12.2 Å². The number of aryl methyl sites for hydroxylation is 1. The number of hydrogen-bond acceptors (Lipinski definition) is 1. The Balaban J connectivity index is 1.42. The summed E-state index contributed by atoms with van der Waals surface area (Å²) in [6, 6.07) is 12.6. The molecular formula is C32H50NO+. The van der Waals surface area contributed by atoms with Gasteiger partial charge in [-0.05, 0) is 29.7 Å².